The van der Waals surface area contributed by atoms with Gasteiger partial charge in [-0.15, -0.1) is 0 Å². The molecule has 1 aliphatic carbocycles. The van der Waals surface area contributed by atoms with Gasteiger partial charge in [-0.25, -0.2) is 4.52 Å². The molecule has 0 amide bonds. The summed E-state index contributed by atoms with van der Waals surface area (Å²) in [6.45, 7) is 5.92. The highest BCUT2D eigenvalue weighted by Gasteiger charge is 2.32. The van der Waals surface area contributed by atoms with Gasteiger partial charge in [-0.3, -0.25) is 4.79 Å². The van der Waals surface area contributed by atoms with Crippen molar-refractivity contribution in [3.8, 4) is 0 Å². The lowest BCUT2D eigenvalue weighted by Gasteiger charge is -2.23. The van der Waals surface area contributed by atoms with E-state index >= 15 is 0 Å². The maximum absolute atomic E-state index is 12.2. The summed E-state index contributed by atoms with van der Waals surface area (Å²) < 4.78 is 7.04. The number of aliphatic hydroxyl groups excluding tert-OH is 1. The second-order valence-electron chi connectivity index (χ2n) is 6.97. The van der Waals surface area contributed by atoms with Crippen LogP contribution in [0.2, 0.25) is 0 Å². The predicted octanol–water partition coefficient (Wildman–Crippen LogP) is 2.84. The average Bonchev–Trinajstić information content (AvgIpc) is 3.26. The molecule has 0 unspecified atom stereocenters. The van der Waals surface area contributed by atoms with Crippen LogP contribution in [0.25, 0.3) is 5.52 Å². The highest BCUT2D eigenvalue weighted by Crippen LogP contribution is 2.41. The van der Waals surface area contributed by atoms with Crippen LogP contribution in [0.5, 0.6) is 0 Å². The van der Waals surface area contributed by atoms with Crippen molar-refractivity contribution in [1.29, 1.82) is 0 Å². The van der Waals surface area contributed by atoms with Gasteiger partial charge in [0.2, 0.25) is 0 Å². The number of hydrogen-bond acceptors (Lipinski definition) is 4. The van der Waals surface area contributed by atoms with Crippen LogP contribution in [0.15, 0.2) is 18.2 Å². The number of aromatic nitrogens is 2. The quantitative estimate of drug-likeness (QED) is 0.832. The number of nitrogens with zero attached hydrogens (tertiary/aromatic N) is 2. The van der Waals surface area contributed by atoms with Crippen LogP contribution in [-0.2, 0) is 22.6 Å². The number of aliphatic hydroxyl groups is 1. The van der Waals surface area contributed by atoms with Gasteiger partial charge in [0.05, 0.1) is 29.8 Å². The molecule has 0 bridgehead atoms. The van der Waals surface area contributed by atoms with Gasteiger partial charge in [0.15, 0.2) is 0 Å². The zero-order valence-electron chi connectivity index (χ0n) is 14.0. The summed E-state index contributed by atoms with van der Waals surface area (Å²) in [5.41, 5.74) is 3.30. The molecule has 0 spiro atoms. The number of pyridine rings is 1. The predicted molar refractivity (Wildman–Crippen MR) is 87.2 cm³/mol. The molecule has 0 aromatic carbocycles. The summed E-state index contributed by atoms with van der Waals surface area (Å²) in [5.74, 6) is 0.427. The van der Waals surface area contributed by atoms with Crippen LogP contribution in [0, 0.1) is 5.41 Å². The van der Waals surface area contributed by atoms with Crippen molar-refractivity contribution in [3.63, 3.8) is 0 Å². The van der Waals surface area contributed by atoms with Crippen LogP contribution in [0.1, 0.15) is 56.5 Å². The maximum atomic E-state index is 12.2. The summed E-state index contributed by atoms with van der Waals surface area (Å²) in [4.78, 5) is 12.2. The Kier molecular flexibility index (Phi) is 4.15. The Bertz CT molecular complexity index is 729. The summed E-state index contributed by atoms with van der Waals surface area (Å²) in [5, 5.41) is 13.8. The van der Waals surface area contributed by atoms with Crippen molar-refractivity contribution in [2.24, 2.45) is 5.41 Å². The van der Waals surface area contributed by atoms with Crippen LogP contribution >= 0.6 is 0 Å². The number of esters is 1. The Morgan fingerprint density at radius 3 is 2.74 bits per heavy atom. The molecule has 1 aliphatic rings. The number of carbonyl (C=O) groups excluding carboxylic acids is 1. The third-order valence-electron chi connectivity index (χ3n) is 4.37. The summed E-state index contributed by atoms with van der Waals surface area (Å²) in [6, 6.07) is 6.21. The fraction of sp³-hybridized carbons (Fsp3) is 0.556. The lowest BCUT2D eigenvalue weighted by molar-refractivity contribution is -0.153. The van der Waals surface area contributed by atoms with Crippen molar-refractivity contribution in [3.05, 3.63) is 35.2 Å². The molecule has 3 rings (SSSR count). The molecule has 0 atom stereocenters. The third-order valence-corrected chi connectivity index (χ3v) is 4.37. The van der Waals surface area contributed by atoms with Gasteiger partial charge in [0, 0.05) is 12.1 Å². The van der Waals surface area contributed by atoms with E-state index in [1.54, 1.807) is 0 Å². The van der Waals surface area contributed by atoms with E-state index in [1.165, 1.54) is 18.4 Å². The van der Waals surface area contributed by atoms with E-state index in [9.17, 15) is 9.90 Å². The van der Waals surface area contributed by atoms with Crippen molar-refractivity contribution in [1.82, 2.24) is 9.61 Å². The minimum absolute atomic E-state index is 0.0822. The van der Waals surface area contributed by atoms with Gasteiger partial charge < -0.3 is 9.84 Å². The van der Waals surface area contributed by atoms with Gasteiger partial charge in [0.1, 0.15) is 0 Å². The first kappa shape index (κ1) is 16.0. The van der Waals surface area contributed by atoms with Crippen molar-refractivity contribution < 1.29 is 14.6 Å². The van der Waals surface area contributed by atoms with E-state index in [4.69, 9.17) is 4.74 Å². The van der Waals surface area contributed by atoms with Crippen molar-refractivity contribution in [2.75, 3.05) is 6.61 Å². The summed E-state index contributed by atoms with van der Waals surface area (Å²) in [7, 11) is 0. The lowest BCUT2D eigenvalue weighted by Crippen LogP contribution is -2.30. The lowest BCUT2D eigenvalue weighted by atomic mass is 9.87. The first-order chi connectivity index (χ1) is 10.9. The number of hydrogen-bond donors (Lipinski definition) is 1. The van der Waals surface area contributed by atoms with Crippen LogP contribution in [0.4, 0.5) is 0 Å². The second kappa shape index (κ2) is 5.96. The first-order valence-electron chi connectivity index (χ1n) is 8.24. The van der Waals surface area contributed by atoms with E-state index in [2.05, 4.69) is 17.2 Å². The van der Waals surface area contributed by atoms with Crippen LogP contribution in [-0.4, -0.2) is 27.3 Å². The molecule has 124 valence electrons. The minimum Gasteiger partial charge on any atom is -0.466 e. The van der Waals surface area contributed by atoms with Gasteiger partial charge in [-0.2, -0.15) is 5.10 Å². The Morgan fingerprint density at radius 1 is 1.39 bits per heavy atom. The highest BCUT2D eigenvalue weighted by molar-refractivity contribution is 5.76. The molecule has 5 nitrogen and oxygen atoms in total. The zero-order chi connectivity index (χ0) is 16.6. The number of rotatable bonds is 6. The molecule has 5 heteroatoms. The maximum Gasteiger partial charge on any atom is 0.311 e. The Hall–Kier alpha value is -1.88. The van der Waals surface area contributed by atoms with Gasteiger partial charge in [-0.1, -0.05) is 0 Å². The zero-order valence-corrected chi connectivity index (χ0v) is 14.0. The number of carbonyl (C=O) groups is 1. The van der Waals surface area contributed by atoms with Crippen molar-refractivity contribution >= 4 is 11.5 Å². The van der Waals surface area contributed by atoms with Crippen LogP contribution in [0.3, 0.4) is 0 Å². The van der Waals surface area contributed by atoms with E-state index in [-0.39, 0.29) is 12.6 Å². The molecule has 1 saturated carbocycles. The third kappa shape index (κ3) is 3.24. The van der Waals surface area contributed by atoms with Gasteiger partial charge >= 0.3 is 5.97 Å². The van der Waals surface area contributed by atoms with E-state index in [1.807, 2.05) is 31.4 Å². The topological polar surface area (TPSA) is 63.8 Å². The summed E-state index contributed by atoms with van der Waals surface area (Å²) in [6.07, 6.45) is 2.99. The smallest absolute Gasteiger partial charge is 0.311 e. The molecule has 0 aliphatic heterocycles. The molecule has 0 saturated heterocycles. The van der Waals surface area contributed by atoms with E-state index in [0.29, 0.717) is 24.6 Å². The second-order valence-corrected chi connectivity index (χ2v) is 6.97. The Balaban J connectivity index is 2.00. The molecule has 2 aromatic heterocycles. The Morgan fingerprint density at radius 2 is 2.13 bits per heavy atom. The first-order valence-corrected chi connectivity index (χ1v) is 8.24. The van der Waals surface area contributed by atoms with Crippen molar-refractivity contribution in [2.45, 2.75) is 52.6 Å². The van der Waals surface area contributed by atoms with E-state index in [0.717, 1.165) is 11.2 Å². The SMILES string of the molecule is CCOC(=O)C(C)(C)Cc1cc(C2CC2)cc2cc(CO)nn12. The van der Waals surface area contributed by atoms with E-state index < -0.39 is 5.41 Å². The monoisotopic (exact) mass is 316 g/mol. The number of ether oxygens (including phenoxy) is 1. The molecule has 0 radical (unpaired) electrons. The molecule has 1 N–H and O–H groups in total. The molecule has 2 aromatic rings. The highest BCUT2D eigenvalue weighted by atomic mass is 16.5. The largest absolute Gasteiger partial charge is 0.466 e. The summed E-state index contributed by atoms with van der Waals surface area (Å²) >= 11 is 0. The molecular weight excluding hydrogens is 292 g/mol. The van der Waals surface area contributed by atoms with Gasteiger partial charge in [-0.05, 0) is 63.3 Å². The minimum atomic E-state index is -0.615. The van der Waals surface area contributed by atoms with Gasteiger partial charge in [0.25, 0.3) is 0 Å². The average molecular weight is 316 g/mol. The number of fused-ring (bicyclic) bond motifs is 1. The molecule has 2 heterocycles. The normalized spacial score (nSPS) is 15.1. The molecular formula is C18H24N2O3. The standard InChI is InChI=1S/C18H24N2O3/c1-4-23-17(22)18(2,3)10-16-8-13(12-5-6-12)7-15-9-14(11-21)19-20(15)16/h7-9,12,21H,4-6,10-11H2,1-3H3. The fourth-order valence-electron chi connectivity index (χ4n) is 2.95. The fourth-order valence-corrected chi connectivity index (χ4v) is 2.95. The molecule has 23 heavy (non-hydrogen) atoms. The molecule has 1 fully saturated rings. The van der Waals surface area contributed by atoms with Crippen LogP contribution < -0.4 is 0 Å². The Labute approximate surface area is 136 Å².